The number of carbonyl (C=O) groups is 1. The summed E-state index contributed by atoms with van der Waals surface area (Å²) < 4.78 is 5.36. The molecule has 0 aromatic rings. The van der Waals surface area contributed by atoms with Gasteiger partial charge in [0, 0.05) is 31.8 Å². The van der Waals surface area contributed by atoms with Crippen molar-refractivity contribution in [2.75, 3.05) is 26.3 Å². The van der Waals surface area contributed by atoms with Crippen LogP contribution in [0.2, 0.25) is 0 Å². The lowest BCUT2D eigenvalue weighted by molar-refractivity contribution is -0.137. The van der Waals surface area contributed by atoms with Crippen molar-refractivity contribution in [2.45, 2.75) is 31.3 Å². The second-order valence-corrected chi connectivity index (χ2v) is 6.00. The van der Waals surface area contributed by atoms with Crippen LogP contribution in [0.25, 0.3) is 0 Å². The first-order chi connectivity index (χ1) is 8.36. The first kappa shape index (κ1) is 10.3. The van der Waals surface area contributed by atoms with E-state index in [1.807, 2.05) is 0 Å². The number of rotatable bonds is 1. The third-order valence-corrected chi connectivity index (χ3v) is 5.30. The topological polar surface area (TPSA) is 41.6 Å². The Morgan fingerprint density at radius 2 is 1.82 bits per heavy atom. The van der Waals surface area contributed by atoms with Gasteiger partial charge in [0.05, 0.1) is 12.5 Å². The van der Waals surface area contributed by atoms with Gasteiger partial charge in [0.2, 0.25) is 5.91 Å². The maximum Gasteiger partial charge on any atom is 0.228 e. The highest BCUT2D eigenvalue weighted by Crippen LogP contribution is 2.48. The summed E-state index contributed by atoms with van der Waals surface area (Å²) in [6.45, 7) is 3.67. The Morgan fingerprint density at radius 1 is 1.12 bits per heavy atom. The van der Waals surface area contributed by atoms with Crippen molar-refractivity contribution in [3.8, 4) is 0 Å². The van der Waals surface area contributed by atoms with Crippen molar-refractivity contribution in [2.24, 2.45) is 17.8 Å². The third-order valence-electron chi connectivity index (χ3n) is 5.30. The normalized spacial score (nSPS) is 47.8. The van der Waals surface area contributed by atoms with Gasteiger partial charge in [-0.3, -0.25) is 4.79 Å². The molecule has 1 N–H and O–H groups in total. The Balaban J connectivity index is 1.57. The molecule has 1 amide bonds. The number of fused-ring (bicyclic) bond motifs is 5. The van der Waals surface area contributed by atoms with Gasteiger partial charge in [-0.1, -0.05) is 0 Å². The van der Waals surface area contributed by atoms with Crippen LogP contribution < -0.4 is 5.32 Å². The maximum atomic E-state index is 12.6. The summed E-state index contributed by atoms with van der Waals surface area (Å²) in [7, 11) is 0. The molecule has 0 saturated carbocycles. The molecule has 17 heavy (non-hydrogen) atoms. The number of ether oxygens (including phenoxy) is 1. The molecule has 0 spiro atoms. The highest BCUT2D eigenvalue weighted by molar-refractivity contribution is 5.80. The van der Waals surface area contributed by atoms with E-state index in [0.29, 0.717) is 24.6 Å². The number of carbonyl (C=O) groups excluding carboxylic acids is 1. The first-order valence-corrected chi connectivity index (χ1v) is 6.97. The lowest BCUT2D eigenvalue weighted by atomic mass is 9.82. The Hall–Kier alpha value is -0.610. The van der Waals surface area contributed by atoms with Crippen LogP contribution in [0.1, 0.15) is 19.3 Å². The molecular formula is C13H20N2O2. The van der Waals surface area contributed by atoms with Gasteiger partial charge in [0.25, 0.3) is 0 Å². The van der Waals surface area contributed by atoms with Crippen molar-refractivity contribution >= 4 is 5.91 Å². The Morgan fingerprint density at radius 3 is 2.41 bits per heavy atom. The van der Waals surface area contributed by atoms with Crippen LogP contribution in [0.3, 0.4) is 0 Å². The lowest BCUT2D eigenvalue weighted by Crippen LogP contribution is -2.42. The molecule has 4 aliphatic heterocycles. The maximum absolute atomic E-state index is 12.6. The molecule has 4 heterocycles. The molecule has 94 valence electrons. The molecule has 4 fully saturated rings. The average Bonchev–Trinajstić information content (AvgIpc) is 3.11. The van der Waals surface area contributed by atoms with Crippen molar-refractivity contribution in [1.29, 1.82) is 0 Å². The average molecular weight is 236 g/mol. The predicted molar refractivity (Wildman–Crippen MR) is 62.4 cm³/mol. The van der Waals surface area contributed by atoms with Gasteiger partial charge in [-0.05, 0) is 31.1 Å². The van der Waals surface area contributed by atoms with E-state index in [1.165, 1.54) is 12.8 Å². The smallest absolute Gasteiger partial charge is 0.228 e. The SMILES string of the molecule is O=C(C1CCOC1)N1[C@@H]2CC[C@H]1[C@H]1CNC[C@H]12. The minimum atomic E-state index is 0.157. The first-order valence-electron chi connectivity index (χ1n) is 6.97. The van der Waals surface area contributed by atoms with E-state index < -0.39 is 0 Å². The highest BCUT2D eigenvalue weighted by Gasteiger charge is 2.56. The van der Waals surface area contributed by atoms with E-state index in [-0.39, 0.29) is 5.92 Å². The number of nitrogens with zero attached hydrogens (tertiary/aromatic N) is 1. The number of hydrogen-bond donors (Lipinski definition) is 1. The fraction of sp³-hybridized carbons (Fsp3) is 0.923. The van der Waals surface area contributed by atoms with Crippen LogP contribution >= 0.6 is 0 Å². The van der Waals surface area contributed by atoms with E-state index in [1.54, 1.807) is 0 Å². The zero-order valence-electron chi connectivity index (χ0n) is 10.1. The number of amides is 1. The van der Waals surface area contributed by atoms with E-state index >= 15 is 0 Å². The fourth-order valence-corrected chi connectivity index (χ4v) is 4.54. The van der Waals surface area contributed by atoms with E-state index in [2.05, 4.69) is 10.2 Å². The second-order valence-electron chi connectivity index (χ2n) is 6.00. The minimum absolute atomic E-state index is 0.157. The summed E-state index contributed by atoms with van der Waals surface area (Å²) in [6.07, 6.45) is 3.39. The quantitative estimate of drug-likeness (QED) is 0.709. The molecule has 2 bridgehead atoms. The van der Waals surface area contributed by atoms with Crippen LogP contribution in [0, 0.1) is 17.8 Å². The van der Waals surface area contributed by atoms with Gasteiger partial charge in [0.1, 0.15) is 0 Å². The monoisotopic (exact) mass is 236 g/mol. The van der Waals surface area contributed by atoms with E-state index in [4.69, 9.17) is 4.74 Å². The molecule has 5 atom stereocenters. The molecule has 4 rings (SSSR count). The summed E-state index contributed by atoms with van der Waals surface area (Å²) in [5, 5.41) is 3.49. The standard InChI is InChI=1S/C13H20N2O2/c16-13(8-3-4-17-7-8)15-11-1-2-12(15)10-6-14-5-9(10)11/h8-12,14H,1-7H2/t8?,9-,10+,11-,12+. The van der Waals surface area contributed by atoms with Crippen molar-refractivity contribution in [1.82, 2.24) is 10.2 Å². The Kier molecular flexibility index (Phi) is 2.24. The molecule has 0 aliphatic carbocycles. The Bertz CT molecular complexity index is 322. The molecular weight excluding hydrogens is 216 g/mol. The molecule has 4 heteroatoms. The molecule has 0 aromatic heterocycles. The second kappa shape index (κ2) is 3.69. The van der Waals surface area contributed by atoms with Crippen LogP contribution in [0.4, 0.5) is 0 Å². The van der Waals surface area contributed by atoms with Crippen molar-refractivity contribution in [3.63, 3.8) is 0 Å². The van der Waals surface area contributed by atoms with Gasteiger partial charge >= 0.3 is 0 Å². The molecule has 4 nitrogen and oxygen atoms in total. The van der Waals surface area contributed by atoms with Crippen LogP contribution in [0.5, 0.6) is 0 Å². The van der Waals surface area contributed by atoms with Crippen LogP contribution in [0.15, 0.2) is 0 Å². The van der Waals surface area contributed by atoms with Gasteiger partial charge in [-0.25, -0.2) is 0 Å². The van der Waals surface area contributed by atoms with Crippen LogP contribution in [-0.4, -0.2) is 49.2 Å². The van der Waals surface area contributed by atoms with Gasteiger partial charge in [0.15, 0.2) is 0 Å². The van der Waals surface area contributed by atoms with E-state index in [9.17, 15) is 4.79 Å². The fourth-order valence-electron chi connectivity index (χ4n) is 4.54. The zero-order valence-corrected chi connectivity index (χ0v) is 10.1. The van der Waals surface area contributed by atoms with Crippen LogP contribution in [-0.2, 0) is 9.53 Å². The molecule has 4 saturated heterocycles. The lowest BCUT2D eigenvalue weighted by Gasteiger charge is -2.27. The van der Waals surface area contributed by atoms with E-state index in [0.717, 1.165) is 38.0 Å². The molecule has 0 radical (unpaired) electrons. The third kappa shape index (κ3) is 1.34. The summed E-state index contributed by atoms with van der Waals surface area (Å²) in [5.41, 5.74) is 0. The Labute approximate surface area is 102 Å². The zero-order chi connectivity index (χ0) is 11.4. The summed E-state index contributed by atoms with van der Waals surface area (Å²) >= 11 is 0. The highest BCUT2D eigenvalue weighted by atomic mass is 16.5. The molecule has 0 aromatic carbocycles. The minimum Gasteiger partial charge on any atom is -0.381 e. The number of hydrogen-bond acceptors (Lipinski definition) is 3. The number of nitrogens with one attached hydrogen (secondary N) is 1. The summed E-state index contributed by atoms with van der Waals surface area (Å²) in [4.78, 5) is 14.8. The van der Waals surface area contributed by atoms with Crippen molar-refractivity contribution < 1.29 is 9.53 Å². The largest absolute Gasteiger partial charge is 0.381 e. The summed E-state index contributed by atoms with van der Waals surface area (Å²) in [5.74, 6) is 2.02. The van der Waals surface area contributed by atoms with Crippen molar-refractivity contribution in [3.05, 3.63) is 0 Å². The summed E-state index contributed by atoms with van der Waals surface area (Å²) in [6, 6.07) is 1.07. The molecule has 4 aliphatic rings. The predicted octanol–water partition coefficient (Wildman–Crippen LogP) is 0.232. The van der Waals surface area contributed by atoms with Gasteiger partial charge < -0.3 is 15.0 Å². The molecule has 1 unspecified atom stereocenters. The van der Waals surface area contributed by atoms with Gasteiger partial charge in [-0.15, -0.1) is 0 Å². The van der Waals surface area contributed by atoms with Gasteiger partial charge in [-0.2, -0.15) is 0 Å².